The second-order valence-electron chi connectivity index (χ2n) is 3.05. The van der Waals surface area contributed by atoms with Crippen molar-refractivity contribution in [3.8, 4) is 0 Å². The molecular weight excluding hydrogens is 245 g/mol. The van der Waals surface area contributed by atoms with Gasteiger partial charge in [-0.25, -0.2) is 0 Å². The second kappa shape index (κ2) is 4.42. The van der Waals surface area contributed by atoms with Crippen LogP contribution in [0.3, 0.4) is 0 Å². The first kappa shape index (κ1) is 13.0. The molecule has 0 radical (unpaired) electrons. The van der Waals surface area contributed by atoms with Crippen molar-refractivity contribution in [2.45, 2.75) is 18.5 Å². The van der Waals surface area contributed by atoms with Crippen LogP contribution >= 0.6 is 0 Å². The van der Waals surface area contributed by atoms with E-state index in [1.807, 2.05) is 0 Å². The van der Waals surface area contributed by atoms with E-state index in [2.05, 4.69) is 4.18 Å². The standard InChI is InChI=1S/C9H9F3O3S/c1-7(8-5-3-2-4-6-8)15-16(13,14)9(10,11)12/h2-7H,1H3/t7-/m1/s1. The van der Waals surface area contributed by atoms with E-state index < -0.39 is 21.7 Å². The highest BCUT2D eigenvalue weighted by molar-refractivity contribution is 7.87. The molecule has 7 heteroatoms. The summed E-state index contributed by atoms with van der Waals surface area (Å²) in [4.78, 5) is 0. The van der Waals surface area contributed by atoms with Gasteiger partial charge in [0.25, 0.3) is 0 Å². The molecule has 0 aliphatic heterocycles. The minimum Gasteiger partial charge on any atom is -0.255 e. The Kier molecular flexibility index (Phi) is 3.59. The van der Waals surface area contributed by atoms with Crippen molar-refractivity contribution in [1.29, 1.82) is 0 Å². The molecule has 0 unspecified atom stereocenters. The summed E-state index contributed by atoms with van der Waals surface area (Å²) in [7, 11) is -5.55. The Morgan fingerprint density at radius 3 is 2.12 bits per heavy atom. The molecule has 0 bridgehead atoms. The van der Waals surface area contributed by atoms with Crippen LogP contribution in [0, 0.1) is 0 Å². The fourth-order valence-electron chi connectivity index (χ4n) is 1.02. The molecule has 0 aliphatic rings. The van der Waals surface area contributed by atoms with Gasteiger partial charge in [0.2, 0.25) is 0 Å². The highest BCUT2D eigenvalue weighted by Gasteiger charge is 2.48. The van der Waals surface area contributed by atoms with Crippen LogP contribution in [0.2, 0.25) is 0 Å². The van der Waals surface area contributed by atoms with Crippen LogP contribution in [-0.4, -0.2) is 13.9 Å². The summed E-state index contributed by atoms with van der Waals surface area (Å²) in [5, 5.41) is 0. The van der Waals surface area contributed by atoms with Crippen molar-refractivity contribution in [3.63, 3.8) is 0 Å². The maximum absolute atomic E-state index is 12.0. The van der Waals surface area contributed by atoms with Crippen LogP contribution in [0.25, 0.3) is 0 Å². The summed E-state index contributed by atoms with van der Waals surface area (Å²) in [5.41, 5.74) is -5.04. The van der Waals surface area contributed by atoms with E-state index >= 15 is 0 Å². The van der Waals surface area contributed by atoms with E-state index in [9.17, 15) is 21.6 Å². The van der Waals surface area contributed by atoms with Crippen molar-refractivity contribution < 1.29 is 25.8 Å². The van der Waals surface area contributed by atoms with Gasteiger partial charge >= 0.3 is 15.6 Å². The van der Waals surface area contributed by atoms with Gasteiger partial charge in [-0.2, -0.15) is 21.6 Å². The summed E-state index contributed by atoms with van der Waals surface area (Å²) in [5.74, 6) is 0. The predicted molar refractivity (Wildman–Crippen MR) is 50.9 cm³/mol. The average molecular weight is 254 g/mol. The second-order valence-corrected chi connectivity index (χ2v) is 4.61. The molecule has 0 amide bonds. The molecule has 1 atom stereocenters. The Labute approximate surface area is 91.0 Å². The molecule has 90 valence electrons. The van der Waals surface area contributed by atoms with Crippen LogP contribution < -0.4 is 0 Å². The van der Waals surface area contributed by atoms with Gasteiger partial charge in [-0.3, -0.25) is 4.18 Å². The topological polar surface area (TPSA) is 43.4 Å². The van der Waals surface area contributed by atoms with Gasteiger partial charge < -0.3 is 0 Å². The molecule has 16 heavy (non-hydrogen) atoms. The van der Waals surface area contributed by atoms with Crippen LogP contribution in [0.4, 0.5) is 13.2 Å². The molecule has 1 aromatic rings. The van der Waals surface area contributed by atoms with Crippen molar-refractivity contribution in [2.24, 2.45) is 0 Å². The van der Waals surface area contributed by atoms with Crippen molar-refractivity contribution in [1.82, 2.24) is 0 Å². The average Bonchev–Trinajstić information content (AvgIpc) is 2.16. The lowest BCUT2D eigenvalue weighted by atomic mass is 10.1. The van der Waals surface area contributed by atoms with E-state index in [1.54, 1.807) is 18.2 Å². The molecule has 0 heterocycles. The SMILES string of the molecule is C[C@@H](OS(=O)(=O)C(F)(F)F)c1ccccc1. The van der Waals surface area contributed by atoms with Gasteiger partial charge in [-0.1, -0.05) is 30.3 Å². The Balaban J connectivity index is 2.85. The van der Waals surface area contributed by atoms with Crippen LogP contribution in [0.5, 0.6) is 0 Å². The summed E-state index contributed by atoms with van der Waals surface area (Å²) in [6, 6.07) is 7.78. The lowest BCUT2D eigenvalue weighted by molar-refractivity contribution is -0.0569. The lowest BCUT2D eigenvalue weighted by Crippen LogP contribution is -2.26. The molecule has 0 saturated heterocycles. The molecule has 3 nitrogen and oxygen atoms in total. The van der Waals surface area contributed by atoms with Crippen LogP contribution in [-0.2, 0) is 14.3 Å². The number of hydrogen-bond acceptors (Lipinski definition) is 3. The van der Waals surface area contributed by atoms with E-state index in [1.165, 1.54) is 19.1 Å². The normalized spacial score (nSPS) is 14.8. The molecule has 0 aromatic heterocycles. The van der Waals surface area contributed by atoms with E-state index in [4.69, 9.17) is 0 Å². The van der Waals surface area contributed by atoms with E-state index in [-0.39, 0.29) is 0 Å². The molecule has 0 aliphatic carbocycles. The van der Waals surface area contributed by atoms with Crippen LogP contribution in [0.1, 0.15) is 18.6 Å². The van der Waals surface area contributed by atoms with Gasteiger partial charge in [0, 0.05) is 0 Å². The Hall–Kier alpha value is -1.08. The Bertz CT molecular complexity index is 439. The molecule has 0 fully saturated rings. The molecule has 0 saturated carbocycles. The fraction of sp³-hybridized carbons (Fsp3) is 0.333. The number of alkyl halides is 3. The molecule has 1 aromatic carbocycles. The zero-order chi connectivity index (χ0) is 12.4. The van der Waals surface area contributed by atoms with E-state index in [0.717, 1.165) is 0 Å². The summed E-state index contributed by atoms with van der Waals surface area (Å²) < 4.78 is 61.4. The monoisotopic (exact) mass is 254 g/mol. The number of hydrogen-bond donors (Lipinski definition) is 0. The van der Waals surface area contributed by atoms with Crippen molar-refractivity contribution in [3.05, 3.63) is 35.9 Å². The summed E-state index contributed by atoms with van der Waals surface area (Å²) >= 11 is 0. The highest BCUT2D eigenvalue weighted by atomic mass is 32.2. The van der Waals surface area contributed by atoms with E-state index in [0.29, 0.717) is 5.56 Å². The predicted octanol–water partition coefficient (Wildman–Crippen LogP) is 2.61. The fourth-order valence-corrected chi connectivity index (χ4v) is 1.62. The Morgan fingerprint density at radius 1 is 1.19 bits per heavy atom. The first-order chi connectivity index (χ1) is 7.24. The first-order valence-corrected chi connectivity index (χ1v) is 5.69. The maximum atomic E-state index is 12.0. The maximum Gasteiger partial charge on any atom is 0.523 e. The smallest absolute Gasteiger partial charge is 0.255 e. The molecule has 0 spiro atoms. The molecule has 0 N–H and O–H groups in total. The Morgan fingerprint density at radius 2 is 1.69 bits per heavy atom. The van der Waals surface area contributed by atoms with Crippen molar-refractivity contribution >= 4 is 10.1 Å². The molecular formula is C9H9F3O3S. The highest BCUT2D eigenvalue weighted by Crippen LogP contribution is 2.29. The zero-order valence-corrected chi connectivity index (χ0v) is 9.05. The molecule has 1 rings (SSSR count). The van der Waals surface area contributed by atoms with Gasteiger partial charge in [-0.05, 0) is 12.5 Å². The van der Waals surface area contributed by atoms with Gasteiger partial charge in [0.15, 0.2) is 0 Å². The van der Waals surface area contributed by atoms with Gasteiger partial charge in [0.1, 0.15) is 0 Å². The zero-order valence-electron chi connectivity index (χ0n) is 8.23. The largest absolute Gasteiger partial charge is 0.523 e. The summed E-state index contributed by atoms with van der Waals surface area (Å²) in [6.45, 7) is 1.23. The van der Waals surface area contributed by atoms with Crippen molar-refractivity contribution in [2.75, 3.05) is 0 Å². The third-order valence-electron chi connectivity index (χ3n) is 1.82. The number of benzene rings is 1. The summed E-state index contributed by atoms with van der Waals surface area (Å²) in [6.07, 6.45) is -1.17. The van der Waals surface area contributed by atoms with Gasteiger partial charge in [0.05, 0.1) is 6.10 Å². The third-order valence-corrected chi connectivity index (χ3v) is 2.93. The van der Waals surface area contributed by atoms with Gasteiger partial charge in [-0.15, -0.1) is 0 Å². The van der Waals surface area contributed by atoms with Crippen LogP contribution in [0.15, 0.2) is 30.3 Å². The number of rotatable bonds is 3. The quantitative estimate of drug-likeness (QED) is 0.615. The lowest BCUT2D eigenvalue weighted by Gasteiger charge is -2.14. The third kappa shape index (κ3) is 2.96. The number of halogens is 3. The minimum atomic E-state index is -5.55. The first-order valence-electron chi connectivity index (χ1n) is 4.28. The minimum absolute atomic E-state index is 0.357.